The Morgan fingerprint density at radius 3 is 2.50 bits per heavy atom. The van der Waals surface area contributed by atoms with Crippen LogP contribution >= 0.6 is 11.6 Å². The van der Waals surface area contributed by atoms with Gasteiger partial charge in [-0.3, -0.25) is 25.0 Å². The number of carbonyl (C=O) groups is 1. The van der Waals surface area contributed by atoms with Crippen molar-refractivity contribution in [2.45, 2.75) is 0 Å². The standard InChI is InChI=1S/C20H10ClN3O6/c21-14-4-6-17(18(10-14)24(28)29)19-7-5-16(30-19)9-13(11-22)20(25)12-2-1-3-15(8-12)23(26)27/h1-10H/b13-9+. The molecule has 2 aromatic carbocycles. The van der Waals surface area contributed by atoms with Crippen molar-refractivity contribution in [1.82, 2.24) is 0 Å². The fourth-order valence-corrected chi connectivity index (χ4v) is 2.81. The van der Waals surface area contributed by atoms with Crippen molar-refractivity contribution in [3.63, 3.8) is 0 Å². The van der Waals surface area contributed by atoms with Crippen molar-refractivity contribution in [2.24, 2.45) is 0 Å². The van der Waals surface area contributed by atoms with Gasteiger partial charge >= 0.3 is 0 Å². The van der Waals surface area contributed by atoms with E-state index in [-0.39, 0.29) is 44.6 Å². The van der Waals surface area contributed by atoms with E-state index in [2.05, 4.69) is 0 Å². The molecule has 0 amide bonds. The Morgan fingerprint density at radius 2 is 1.83 bits per heavy atom. The summed E-state index contributed by atoms with van der Waals surface area (Å²) in [7, 11) is 0. The fraction of sp³-hybridized carbons (Fsp3) is 0. The van der Waals surface area contributed by atoms with Gasteiger partial charge in [-0.2, -0.15) is 5.26 Å². The van der Waals surface area contributed by atoms with E-state index < -0.39 is 15.6 Å². The maximum atomic E-state index is 12.6. The SMILES string of the molecule is N#C/C(=C\c1ccc(-c2ccc(Cl)cc2[N+](=O)[O-])o1)C(=O)c1cccc([N+](=O)[O-])c1. The second-order valence-corrected chi connectivity index (χ2v) is 6.36. The van der Waals surface area contributed by atoms with Gasteiger partial charge in [-0.1, -0.05) is 23.7 Å². The molecule has 0 aliphatic rings. The second-order valence-electron chi connectivity index (χ2n) is 5.93. The Balaban J connectivity index is 1.96. The fourth-order valence-electron chi connectivity index (χ4n) is 2.65. The Hall–Kier alpha value is -4.29. The lowest BCUT2D eigenvalue weighted by atomic mass is 10.0. The van der Waals surface area contributed by atoms with E-state index in [1.165, 1.54) is 48.5 Å². The molecule has 1 aromatic heterocycles. The summed E-state index contributed by atoms with van der Waals surface area (Å²) in [6, 6.07) is 13.7. The van der Waals surface area contributed by atoms with E-state index in [0.29, 0.717) is 0 Å². The van der Waals surface area contributed by atoms with Gasteiger partial charge in [-0.05, 0) is 24.3 Å². The number of non-ortho nitro benzene ring substituents is 1. The average molecular weight is 424 g/mol. The summed E-state index contributed by atoms with van der Waals surface area (Å²) in [5.41, 5.74) is -0.722. The second kappa shape index (κ2) is 8.38. The van der Waals surface area contributed by atoms with Gasteiger partial charge in [-0.15, -0.1) is 0 Å². The highest BCUT2D eigenvalue weighted by Crippen LogP contribution is 2.33. The van der Waals surface area contributed by atoms with Crippen LogP contribution in [0, 0.1) is 31.6 Å². The molecule has 0 aliphatic carbocycles. The predicted octanol–water partition coefficient (Wildman–Crippen LogP) is 5.21. The third-order valence-corrected chi connectivity index (χ3v) is 4.25. The quantitative estimate of drug-likeness (QED) is 0.174. The van der Waals surface area contributed by atoms with Gasteiger partial charge < -0.3 is 4.42 Å². The van der Waals surface area contributed by atoms with Crippen LogP contribution < -0.4 is 0 Å². The number of hydrogen-bond donors (Lipinski definition) is 0. The minimum atomic E-state index is -0.725. The van der Waals surface area contributed by atoms with Gasteiger partial charge in [0.15, 0.2) is 0 Å². The summed E-state index contributed by atoms with van der Waals surface area (Å²) in [6.07, 6.45) is 1.16. The molecule has 0 atom stereocenters. The number of rotatable bonds is 6. The molecule has 0 aliphatic heterocycles. The van der Waals surface area contributed by atoms with E-state index in [9.17, 15) is 30.3 Å². The zero-order chi connectivity index (χ0) is 21.8. The molecule has 9 nitrogen and oxygen atoms in total. The number of nitrogens with zero attached hydrogens (tertiary/aromatic N) is 3. The first kappa shape index (κ1) is 20.4. The average Bonchev–Trinajstić information content (AvgIpc) is 3.19. The summed E-state index contributed by atoms with van der Waals surface area (Å²) in [5, 5.41) is 31.7. The van der Waals surface area contributed by atoms with Crippen molar-refractivity contribution in [1.29, 1.82) is 5.26 Å². The third-order valence-electron chi connectivity index (χ3n) is 4.02. The van der Waals surface area contributed by atoms with Crippen molar-refractivity contribution in [3.05, 3.63) is 96.7 Å². The first-order chi connectivity index (χ1) is 14.3. The van der Waals surface area contributed by atoms with Crippen LogP contribution in [-0.4, -0.2) is 15.6 Å². The number of benzene rings is 2. The lowest BCUT2D eigenvalue weighted by molar-refractivity contribution is -0.384. The van der Waals surface area contributed by atoms with Gasteiger partial charge in [-0.25, -0.2) is 0 Å². The summed E-state index contributed by atoms with van der Waals surface area (Å²) in [5.74, 6) is -0.481. The van der Waals surface area contributed by atoms with E-state index >= 15 is 0 Å². The zero-order valence-electron chi connectivity index (χ0n) is 14.9. The van der Waals surface area contributed by atoms with E-state index in [1.54, 1.807) is 6.07 Å². The Labute approximate surface area is 173 Å². The van der Waals surface area contributed by atoms with Crippen LogP contribution in [0.1, 0.15) is 16.1 Å². The van der Waals surface area contributed by atoms with Gasteiger partial charge in [0.2, 0.25) is 5.78 Å². The maximum absolute atomic E-state index is 12.6. The number of hydrogen-bond acceptors (Lipinski definition) is 7. The van der Waals surface area contributed by atoms with E-state index in [0.717, 1.165) is 12.1 Å². The molecule has 0 unspecified atom stereocenters. The van der Waals surface area contributed by atoms with Crippen molar-refractivity contribution < 1.29 is 19.1 Å². The van der Waals surface area contributed by atoms with Crippen LogP contribution in [0.3, 0.4) is 0 Å². The molecular weight excluding hydrogens is 414 g/mol. The molecular formula is C20H10ClN3O6. The number of halogens is 1. The monoisotopic (exact) mass is 423 g/mol. The molecule has 0 radical (unpaired) electrons. The molecule has 0 N–H and O–H groups in total. The molecule has 0 saturated heterocycles. The van der Waals surface area contributed by atoms with Crippen LogP contribution in [0.4, 0.5) is 11.4 Å². The first-order valence-electron chi connectivity index (χ1n) is 8.25. The number of allylic oxidation sites excluding steroid dienone is 1. The van der Waals surface area contributed by atoms with Crippen molar-refractivity contribution in [3.8, 4) is 17.4 Å². The highest BCUT2D eigenvalue weighted by molar-refractivity contribution is 6.30. The lowest BCUT2D eigenvalue weighted by Gasteiger charge is -2.01. The first-order valence-corrected chi connectivity index (χ1v) is 8.63. The van der Waals surface area contributed by atoms with Crippen LogP contribution in [0.5, 0.6) is 0 Å². The highest BCUT2D eigenvalue weighted by atomic mass is 35.5. The Kier molecular flexibility index (Phi) is 5.71. The van der Waals surface area contributed by atoms with Crippen LogP contribution in [0.2, 0.25) is 5.02 Å². The van der Waals surface area contributed by atoms with Crippen molar-refractivity contribution in [2.75, 3.05) is 0 Å². The molecule has 3 rings (SSSR count). The number of ketones is 1. The minimum Gasteiger partial charge on any atom is -0.456 e. The number of nitro benzene ring substituents is 2. The Morgan fingerprint density at radius 1 is 1.07 bits per heavy atom. The molecule has 30 heavy (non-hydrogen) atoms. The van der Waals surface area contributed by atoms with Gasteiger partial charge in [0, 0.05) is 34.9 Å². The van der Waals surface area contributed by atoms with Crippen LogP contribution in [0.15, 0.2) is 64.6 Å². The summed E-state index contributed by atoms with van der Waals surface area (Å²) < 4.78 is 5.55. The molecule has 3 aromatic rings. The van der Waals surface area contributed by atoms with Crippen LogP contribution in [0.25, 0.3) is 17.4 Å². The Bertz CT molecular complexity index is 1260. The largest absolute Gasteiger partial charge is 0.456 e. The highest BCUT2D eigenvalue weighted by Gasteiger charge is 2.20. The number of nitriles is 1. The number of nitro groups is 2. The molecule has 0 fully saturated rings. The van der Waals surface area contributed by atoms with Gasteiger partial charge in [0.25, 0.3) is 11.4 Å². The van der Waals surface area contributed by atoms with Gasteiger partial charge in [0.1, 0.15) is 23.2 Å². The van der Waals surface area contributed by atoms with E-state index in [1.807, 2.05) is 0 Å². The van der Waals surface area contributed by atoms with Crippen molar-refractivity contribution >= 4 is 34.8 Å². The molecule has 0 bridgehead atoms. The molecule has 1 heterocycles. The van der Waals surface area contributed by atoms with Gasteiger partial charge in [0.05, 0.1) is 15.4 Å². The smallest absolute Gasteiger partial charge is 0.281 e. The summed E-state index contributed by atoms with van der Waals surface area (Å²) >= 11 is 5.80. The maximum Gasteiger partial charge on any atom is 0.281 e. The minimum absolute atomic E-state index is 0.0304. The number of furan rings is 1. The molecule has 0 saturated carbocycles. The third kappa shape index (κ3) is 4.24. The van der Waals surface area contributed by atoms with Crippen LogP contribution in [-0.2, 0) is 0 Å². The summed E-state index contributed by atoms with van der Waals surface area (Å²) in [6.45, 7) is 0. The molecule has 0 spiro atoms. The lowest BCUT2D eigenvalue weighted by Crippen LogP contribution is -2.02. The normalized spacial score (nSPS) is 11.0. The topological polar surface area (TPSA) is 140 Å². The van der Waals surface area contributed by atoms with E-state index in [4.69, 9.17) is 16.0 Å². The molecule has 10 heteroatoms. The zero-order valence-corrected chi connectivity index (χ0v) is 15.7. The number of carbonyl (C=O) groups excluding carboxylic acids is 1. The summed E-state index contributed by atoms with van der Waals surface area (Å²) in [4.78, 5) is 33.4. The number of Topliss-reactive ketones (excluding diaryl/α,β-unsaturated/α-hetero) is 1. The predicted molar refractivity (Wildman–Crippen MR) is 107 cm³/mol. The molecule has 148 valence electrons.